The third-order valence-electron chi connectivity index (χ3n) is 2.08. The van der Waals surface area contributed by atoms with Crippen LogP contribution < -0.4 is 5.73 Å². The lowest BCUT2D eigenvalue weighted by atomic mass is 10.1. The van der Waals surface area contributed by atoms with Crippen LogP contribution >= 0.6 is 15.9 Å². The van der Waals surface area contributed by atoms with Gasteiger partial charge in [-0.25, -0.2) is 0 Å². The van der Waals surface area contributed by atoms with Crippen LogP contribution in [0.25, 0.3) is 0 Å². The van der Waals surface area contributed by atoms with E-state index in [0.717, 1.165) is 10.0 Å². The molecule has 0 fully saturated rings. The van der Waals surface area contributed by atoms with Gasteiger partial charge in [0.25, 0.3) is 0 Å². The minimum atomic E-state index is -0.00465. The Morgan fingerprint density at radius 2 is 2.21 bits per heavy atom. The van der Waals surface area contributed by atoms with Crippen LogP contribution in [0.5, 0.6) is 0 Å². The number of hydrogen-bond acceptors (Lipinski definition) is 2. The van der Waals surface area contributed by atoms with E-state index in [2.05, 4.69) is 41.1 Å². The van der Waals surface area contributed by atoms with Gasteiger partial charge >= 0.3 is 0 Å². The summed E-state index contributed by atoms with van der Waals surface area (Å²) in [5, 5.41) is 0. The zero-order valence-corrected chi connectivity index (χ0v) is 10.2. The van der Waals surface area contributed by atoms with Crippen LogP contribution in [0.3, 0.4) is 0 Å². The smallest absolute Gasteiger partial charge is 0.0957 e. The number of benzene rings is 1. The molecule has 0 aliphatic carbocycles. The van der Waals surface area contributed by atoms with Crippen LogP contribution in [0, 0.1) is 6.92 Å². The first-order valence-corrected chi connectivity index (χ1v) is 5.56. The molecule has 0 aliphatic heterocycles. The van der Waals surface area contributed by atoms with Gasteiger partial charge in [-0.05, 0) is 31.0 Å². The normalized spacial score (nSPS) is 12.9. The molecule has 78 valence electrons. The Bertz CT molecular complexity index is 301. The van der Waals surface area contributed by atoms with Crippen molar-refractivity contribution >= 4 is 15.9 Å². The van der Waals surface area contributed by atoms with Crippen LogP contribution in [-0.2, 0) is 4.74 Å². The fourth-order valence-electron chi connectivity index (χ4n) is 1.38. The van der Waals surface area contributed by atoms with E-state index >= 15 is 0 Å². The quantitative estimate of drug-likeness (QED) is 0.901. The summed E-state index contributed by atoms with van der Waals surface area (Å²) in [5.74, 6) is 0. The van der Waals surface area contributed by atoms with Crippen molar-refractivity contribution in [2.45, 2.75) is 20.0 Å². The largest absolute Gasteiger partial charge is 0.372 e. The highest BCUT2D eigenvalue weighted by Gasteiger charge is 2.12. The van der Waals surface area contributed by atoms with E-state index in [9.17, 15) is 0 Å². The SMILES string of the molecule is CCOC(CN)c1ccc(C)cc1Br. The number of aryl methyl sites for hydroxylation is 1. The van der Waals surface area contributed by atoms with Gasteiger partial charge in [-0.2, -0.15) is 0 Å². The van der Waals surface area contributed by atoms with Crippen LogP contribution in [0.1, 0.15) is 24.2 Å². The molecule has 0 spiro atoms. The second-order valence-electron chi connectivity index (χ2n) is 3.20. The number of rotatable bonds is 4. The molecule has 0 saturated carbocycles. The maximum Gasteiger partial charge on any atom is 0.0957 e. The lowest BCUT2D eigenvalue weighted by Crippen LogP contribution is -2.16. The predicted molar refractivity (Wildman–Crippen MR) is 62.3 cm³/mol. The molecule has 0 aromatic heterocycles. The van der Waals surface area contributed by atoms with Gasteiger partial charge in [-0.15, -0.1) is 0 Å². The van der Waals surface area contributed by atoms with E-state index in [4.69, 9.17) is 10.5 Å². The molecule has 0 heterocycles. The minimum absolute atomic E-state index is 0.00465. The predicted octanol–water partition coefficient (Wildman–Crippen LogP) is 2.79. The average Bonchev–Trinajstić information content (AvgIpc) is 2.15. The van der Waals surface area contributed by atoms with Crippen molar-refractivity contribution in [3.63, 3.8) is 0 Å². The average molecular weight is 258 g/mol. The Balaban J connectivity index is 2.92. The topological polar surface area (TPSA) is 35.2 Å². The molecule has 1 atom stereocenters. The fourth-order valence-corrected chi connectivity index (χ4v) is 2.13. The Morgan fingerprint density at radius 1 is 1.50 bits per heavy atom. The van der Waals surface area contributed by atoms with E-state index < -0.39 is 0 Å². The standard InChI is InChI=1S/C11H16BrNO/c1-3-14-11(7-13)9-5-4-8(2)6-10(9)12/h4-6,11H,3,7,13H2,1-2H3. The molecule has 3 heteroatoms. The molecule has 0 amide bonds. The summed E-state index contributed by atoms with van der Waals surface area (Å²) in [4.78, 5) is 0. The molecule has 1 rings (SSSR count). The Kier molecular flexibility index (Phi) is 4.58. The summed E-state index contributed by atoms with van der Waals surface area (Å²) >= 11 is 3.52. The van der Waals surface area contributed by atoms with Crippen LogP contribution in [0.2, 0.25) is 0 Å². The van der Waals surface area contributed by atoms with E-state index in [1.807, 2.05) is 6.92 Å². The zero-order chi connectivity index (χ0) is 10.6. The van der Waals surface area contributed by atoms with Crippen molar-refractivity contribution < 1.29 is 4.74 Å². The van der Waals surface area contributed by atoms with Gasteiger partial charge in [-0.1, -0.05) is 28.1 Å². The van der Waals surface area contributed by atoms with Crippen molar-refractivity contribution in [3.05, 3.63) is 33.8 Å². The van der Waals surface area contributed by atoms with E-state index in [1.54, 1.807) is 0 Å². The number of hydrogen-bond donors (Lipinski definition) is 1. The molecule has 2 N–H and O–H groups in total. The molecule has 1 aromatic carbocycles. The Labute approximate surface area is 93.6 Å². The first-order chi connectivity index (χ1) is 6.69. The van der Waals surface area contributed by atoms with Crippen LogP contribution in [0.15, 0.2) is 22.7 Å². The van der Waals surface area contributed by atoms with Gasteiger partial charge in [0.2, 0.25) is 0 Å². The summed E-state index contributed by atoms with van der Waals surface area (Å²) in [6.45, 7) is 5.23. The highest BCUT2D eigenvalue weighted by molar-refractivity contribution is 9.10. The summed E-state index contributed by atoms with van der Waals surface area (Å²) in [6.07, 6.45) is -0.00465. The van der Waals surface area contributed by atoms with Crippen LogP contribution in [0.4, 0.5) is 0 Å². The first-order valence-electron chi connectivity index (χ1n) is 4.76. The summed E-state index contributed by atoms with van der Waals surface area (Å²) in [7, 11) is 0. The van der Waals surface area contributed by atoms with Gasteiger partial charge in [-0.3, -0.25) is 0 Å². The molecule has 0 aliphatic rings. The minimum Gasteiger partial charge on any atom is -0.372 e. The molecule has 0 bridgehead atoms. The molecule has 0 saturated heterocycles. The third-order valence-corrected chi connectivity index (χ3v) is 2.77. The maximum atomic E-state index is 5.65. The van der Waals surface area contributed by atoms with Gasteiger partial charge in [0.05, 0.1) is 6.10 Å². The molecular formula is C11H16BrNO. The van der Waals surface area contributed by atoms with Gasteiger partial charge in [0.15, 0.2) is 0 Å². The van der Waals surface area contributed by atoms with Crippen molar-refractivity contribution in [3.8, 4) is 0 Å². The highest BCUT2D eigenvalue weighted by Crippen LogP contribution is 2.26. The molecular weight excluding hydrogens is 242 g/mol. The van der Waals surface area contributed by atoms with Crippen molar-refractivity contribution in [2.24, 2.45) is 5.73 Å². The van der Waals surface area contributed by atoms with E-state index in [-0.39, 0.29) is 6.10 Å². The van der Waals surface area contributed by atoms with E-state index in [1.165, 1.54) is 5.56 Å². The van der Waals surface area contributed by atoms with Gasteiger partial charge in [0, 0.05) is 17.6 Å². The van der Waals surface area contributed by atoms with Gasteiger partial charge in [0.1, 0.15) is 0 Å². The third kappa shape index (κ3) is 2.80. The summed E-state index contributed by atoms with van der Waals surface area (Å²) in [5.41, 5.74) is 8.01. The zero-order valence-electron chi connectivity index (χ0n) is 8.59. The second kappa shape index (κ2) is 5.49. The number of ether oxygens (including phenoxy) is 1. The highest BCUT2D eigenvalue weighted by atomic mass is 79.9. The monoisotopic (exact) mass is 257 g/mol. The Morgan fingerprint density at radius 3 is 2.71 bits per heavy atom. The lowest BCUT2D eigenvalue weighted by molar-refractivity contribution is 0.0683. The number of halogens is 1. The molecule has 14 heavy (non-hydrogen) atoms. The van der Waals surface area contributed by atoms with E-state index in [0.29, 0.717) is 13.2 Å². The molecule has 0 radical (unpaired) electrons. The molecule has 1 aromatic rings. The van der Waals surface area contributed by atoms with Gasteiger partial charge < -0.3 is 10.5 Å². The van der Waals surface area contributed by atoms with Crippen molar-refractivity contribution in [2.75, 3.05) is 13.2 Å². The van der Waals surface area contributed by atoms with Crippen molar-refractivity contribution in [1.82, 2.24) is 0 Å². The summed E-state index contributed by atoms with van der Waals surface area (Å²) in [6, 6.07) is 6.21. The maximum absolute atomic E-state index is 5.65. The first kappa shape index (κ1) is 11.7. The second-order valence-corrected chi connectivity index (χ2v) is 4.06. The lowest BCUT2D eigenvalue weighted by Gasteiger charge is -2.17. The summed E-state index contributed by atoms with van der Waals surface area (Å²) < 4.78 is 6.61. The molecule has 1 unspecified atom stereocenters. The number of nitrogens with two attached hydrogens (primary N) is 1. The van der Waals surface area contributed by atoms with Crippen molar-refractivity contribution in [1.29, 1.82) is 0 Å². The van der Waals surface area contributed by atoms with Crippen LogP contribution in [-0.4, -0.2) is 13.2 Å². The fraction of sp³-hybridized carbons (Fsp3) is 0.455. The molecule has 2 nitrogen and oxygen atoms in total. The Hall–Kier alpha value is -0.380.